The largest absolute Gasteiger partial charge is 0.486 e. The lowest BCUT2D eigenvalue weighted by Crippen LogP contribution is -2.19. The Kier molecular flexibility index (Phi) is 5.76. The molecule has 0 amide bonds. The van der Waals surface area contributed by atoms with Crippen molar-refractivity contribution in [3.8, 4) is 11.5 Å². The Morgan fingerprint density at radius 1 is 1.17 bits per heavy atom. The number of para-hydroxylation sites is 1. The van der Waals surface area contributed by atoms with Crippen LogP contribution < -0.4 is 15.2 Å². The molecule has 0 bridgehead atoms. The van der Waals surface area contributed by atoms with Gasteiger partial charge < -0.3 is 15.2 Å². The van der Waals surface area contributed by atoms with E-state index in [2.05, 4.69) is 13.8 Å². The molecule has 1 aromatic carbocycles. The van der Waals surface area contributed by atoms with Crippen molar-refractivity contribution in [3.05, 3.63) is 23.8 Å². The van der Waals surface area contributed by atoms with Gasteiger partial charge in [-0.25, -0.2) is 0 Å². The highest BCUT2D eigenvalue weighted by Gasteiger charge is 2.19. The molecule has 0 unspecified atom stereocenters. The highest BCUT2D eigenvalue weighted by atomic mass is 35.5. The summed E-state index contributed by atoms with van der Waals surface area (Å²) >= 11 is 0. The van der Waals surface area contributed by atoms with Gasteiger partial charge in [0, 0.05) is 11.6 Å². The fourth-order valence-electron chi connectivity index (χ4n) is 2.06. The van der Waals surface area contributed by atoms with Crippen molar-refractivity contribution in [1.82, 2.24) is 0 Å². The standard InChI is InChI=1S/C14H21NO2.ClH/c1-10(2)6-7-12(15)11-4-3-5-13-14(11)17-9-8-16-13;/h3-5,10,12H,6-9,15H2,1-2H3;1H/t12-;/m0./s1. The topological polar surface area (TPSA) is 44.5 Å². The molecule has 0 saturated heterocycles. The van der Waals surface area contributed by atoms with Gasteiger partial charge >= 0.3 is 0 Å². The first-order chi connectivity index (χ1) is 8.18. The van der Waals surface area contributed by atoms with Gasteiger partial charge in [0.15, 0.2) is 11.5 Å². The summed E-state index contributed by atoms with van der Waals surface area (Å²) in [5, 5.41) is 0. The predicted octanol–water partition coefficient (Wildman–Crippen LogP) is 3.32. The van der Waals surface area contributed by atoms with E-state index in [1.165, 1.54) is 0 Å². The average molecular weight is 272 g/mol. The number of hydrogen-bond donors (Lipinski definition) is 1. The molecule has 18 heavy (non-hydrogen) atoms. The van der Waals surface area contributed by atoms with Crippen LogP contribution in [0.25, 0.3) is 0 Å². The number of ether oxygens (including phenoxy) is 2. The molecule has 3 nitrogen and oxygen atoms in total. The van der Waals surface area contributed by atoms with Gasteiger partial charge in [-0.2, -0.15) is 0 Å². The Morgan fingerprint density at radius 2 is 1.89 bits per heavy atom. The zero-order valence-electron chi connectivity index (χ0n) is 11.0. The fourth-order valence-corrected chi connectivity index (χ4v) is 2.06. The minimum Gasteiger partial charge on any atom is -0.486 e. The first kappa shape index (κ1) is 15.1. The van der Waals surface area contributed by atoms with Gasteiger partial charge in [-0.15, -0.1) is 12.4 Å². The summed E-state index contributed by atoms with van der Waals surface area (Å²) in [7, 11) is 0. The van der Waals surface area contributed by atoms with Gasteiger partial charge in [-0.05, 0) is 24.8 Å². The van der Waals surface area contributed by atoms with E-state index in [1.54, 1.807) is 0 Å². The van der Waals surface area contributed by atoms with Crippen molar-refractivity contribution in [2.75, 3.05) is 13.2 Å². The Hall–Kier alpha value is -0.930. The molecule has 1 atom stereocenters. The van der Waals surface area contributed by atoms with Crippen LogP contribution in [-0.2, 0) is 0 Å². The lowest BCUT2D eigenvalue weighted by atomic mass is 9.97. The lowest BCUT2D eigenvalue weighted by Gasteiger charge is -2.23. The summed E-state index contributed by atoms with van der Waals surface area (Å²) < 4.78 is 11.2. The molecule has 1 aromatic rings. The Morgan fingerprint density at radius 3 is 2.61 bits per heavy atom. The summed E-state index contributed by atoms with van der Waals surface area (Å²) in [5.74, 6) is 2.35. The molecule has 2 N–H and O–H groups in total. The predicted molar refractivity (Wildman–Crippen MR) is 75.7 cm³/mol. The zero-order valence-corrected chi connectivity index (χ0v) is 11.8. The van der Waals surface area contributed by atoms with E-state index in [1.807, 2.05) is 18.2 Å². The highest BCUT2D eigenvalue weighted by molar-refractivity contribution is 5.85. The van der Waals surface area contributed by atoms with Crippen molar-refractivity contribution in [3.63, 3.8) is 0 Å². The quantitative estimate of drug-likeness (QED) is 0.914. The van der Waals surface area contributed by atoms with Crippen LogP contribution in [0.2, 0.25) is 0 Å². The summed E-state index contributed by atoms with van der Waals surface area (Å²) in [6.07, 6.45) is 2.11. The molecule has 1 heterocycles. The van der Waals surface area contributed by atoms with Gasteiger partial charge in [-0.1, -0.05) is 26.0 Å². The zero-order chi connectivity index (χ0) is 12.3. The minimum absolute atomic E-state index is 0. The maximum absolute atomic E-state index is 6.23. The number of nitrogens with two attached hydrogens (primary N) is 1. The van der Waals surface area contributed by atoms with Crippen LogP contribution in [0.1, 0.15) is 38.3 Å². The molecular weight excluding hydrogens is 250 g/mol. The summed E-state index contributed by atoms with van der Waals surface area (Å²) in [4.78, 5) is 0. The molecule has 2 rings (SSSR count). The molecule has 0 radical (unpaired) electrons. The highest BCUT2D eigenvalue weighted by Crippen LogP contribution is 2.37. The third-order valence-electron chi connectivity index (χ3n) is 3.05. The number of halogens is 1. The first-order valence-corrected chi connectivity index (χ1v) is 6.32. The second-order valence-electron chi connectivity index (χ2n) is 4.95. The second kappa shape index (κ2) is 6.86. The van der Waals surface area contributed by atoms with Crippen LogP contribution in [0.5, 0.6) is 11.5 Å². The third kappa shape index (κ3) is 3.53. The summed E-state index contributed by atoms with van der Waals surface area (Å²) in [6, 6.07) is 6.00. The van der Waals surface area contributed by atoms with Gasteiger partial charge in [0.2, 0.25) is 0 Å². The Balaban J connectivity index is 0.00000162. The summed E-state index contributed by atoms with van der Waals surface area (Å²) in [6.45, 7) is 5.66. The van der Waals surface area contributed by atoms with Gasteiger partial charge in [0.1, 0.15) is 13.2 Å². The smallest absolute Gasteiger partial charge is 0.166 e. The Bertz CT molecular complexity index is 382. The van der Waals surface area contributed by atoms with Crippen molar-refractivity contribution in [1.29, 1.82) is 0 Å². The maximum Gasteiger partial charge on any atom is 0.166 e. The van der Waals surface area contributed by atoms with Crippen molar-refractivity contribution < 1.29 is 9.47 Å². The maximum atomic E-state index is 6.23. The number of fused-ring (bicyclic) bond motifs is 1. The molecule has 0 fully saturated rings. The van der Waals surface area contributed by atoms with E-state index in [9.17, 15) is 0 Å². The average Bonchev–Trinajstić information content (AvgIpc) is 2.35. The van der Waals surface area contributed by atoms with E-state index in [0.717, 1.165) is 29.9 Å². The molecule has 1 aliphatic heterocycles. The van der Waals surface area contributed by atoms with Gasteiger partial charge in [0.05, 0.1) is 0 Å². The fraction of sp³-hybridized carbons (Fsp3) is 0.571. The van der Waals surface area contributed by atoms with Crippen molar-refractivity contribution in [2.45, 2.75) is 32.7 Å². The van der Waals surface area contributed by atoms with E-state index in [0.29, 0.717) is 19.1 Å². The van der Waals surface area contributed by atoms with E-state index >= 15 is 0 Å². The third-order valence-corrected chi connectivity index (χ3v) is 3.05. The number of rotatable bonds is 4. The van der Waals surface area contributed by atoms with Crippen LogP contribution in [0.3, 0.4) is 0 Å². The molecule has 0 saturated carbocycles. The van der Waals surface area contributed by atoms with Crippen LogP contribution in [0.15, 0.2) is 18.2 Å². The normalized spacial score (nSPS) is 15.1. The SMILES string of the molecule is CC(C)CC[C@H](N)c1cccc2c1OCCO2.Cl. The van der Waals surface area contributed by atoms with Crippen LogP contribution in [-0.4, -0.2) is 13.2 Å². The monoisotopic (exact) mass is 271 g/mol. The van der Waals surface area contributed by atoms with Gasteiger partial charge in [0.25, 0.3) is 0 Å². The number of hydrogen-bond acceptors (Lipinski definition) is 3. The molecule has 0 aromatic heterocycles. The van der Waals surface area contributed by atoms with Crippen LogP contribution in [0.4, 0.5) is 0 Å². The second-order valence-corrected chi connectivity index (χ2v) is 4.95. The lowest BCUT2D eigenvalue weighted by molar-refractivity contribution is 0.169. The molecular formula is C14H22ClNO2. The van der Waals surface area contributed by atoms with Crippen LogP contribution >= 0.6 is 12.4 Å². The van der Waals surface area contributed by atoms with E-state index in [-0.39, 0.29) is 18.4 Å². The first-order valence-electron chi connectivity index (χ1n) is 6.32. The molecule has 0 aliphatic carbocycles. The van der Waals surface area contributed by atoms with E-state index in [4.69, 9.17) is 15.2 Å². The van der Waals surface area contributed by atoms with Gasteiger partial charge in [-0.3, -0.25) is 0 Å². The summed E-state index contributed by atoms with van der Waals surface area (Å²) in [5.41, 5.74) is 7.30. The molecule has 0 spiro atoms. The van der Waals surface area contributed by atoms with Crippen molar-refractivity contribution in [2.24, 2.45) is 11.7 Å². The van der Waals surface area contributed by atoms with Crippen LogP contribution in [0, 0.1) is 5.92 Å². The minimum atomic E-state index is 0. The van der Waals surface area contributed by atoms with E-state index < -0.39 is 0 Å². The molecule has 102 valence electrons. The molecule has 1 aliphatic rings. The molecule has 4 heteroatoms. The Labute approximate surface area is 115 Å². The van der Waals surface area contributed by atoms with Crippen molar-refractivity contribution >= 4 is 12.4 Å². The number of benzene rings is 1.